The van der Waals surface area contributed by atoms with Gasteiger partial charge in [0.1, 0.15) is 45.2 Å². The SMILES string of the molecule is CCCCCCC(CCCCCC)CCOCC(F)(F)C(F)(F)C(F)(F)C(F)(F)C(F)(F)C(F)(F)C(F)(F)C(F)(F)COCC(COCC(F)(F)C(F)(F)C(F)(F)C(F)(F)C(F)(F)C(F)(F)C(F)(F)C(F)(F)COCCC(CCCCCC)CCCCCC)OCC(=O)NCCCC[C@@H](C(=O)OC)N(CC(=O)OC)CC(=O)OC. The number of amides is 1. The van der Waals surface area contributed by atoms with Crippen molar-refractivity contribution in [2.24, 2.45) is 11.8 Å². The Morgan fingerprint density at radius 2 is 0.579 bits per heavy atom. The van der Waals surface area contributed by atoms with Crippen LogP contribution in [0, 0.1) is 11.8 Å². The summed E-state index contributed by atoms with van der Waals surface area (Å²) in [7, 11) is 2.63. The summed E-state index contributed by atoms with van der Waals surface area (Å²) in [4.78, 5) is 50.3. The van der Waals surface area contributed by atoms with Gasteiger partial charge in [0.25, 0.3) is 0 Å². The van der Waals surface area contributed by atoms with Crippen LogP contribution in [-0.2, 0) is 57.1 Å². The third kappa shape index (κ3) is 27.5. The fourth-order valence-corrected chi connectivity index (χ4v) is 11.1. The molecule has 0 aromatic rings. The first-order chi connectivity index (χ1) is 52.1. The first-order valence-electron chi connectivity index (χ1n) is 36.3. The number of hydrogen-bond donors (Lipinski definition) is 1. The number of halogens is 32. The van der Waals surface area contributed by atoms with Crippen molar-refractivity contribution in [2.75, 3.05) is 100 Å². The molecule has 0 aromatic heterocycles. The maximum Gasteiger partial charge on any atom is 0.385 e. The number of methoxy groups -OCH3 is 3. The van der Waals surface area contributed by atoms with Crippen LogP contribution in [0.4, 0.5) is 140 Å². The molecule has 1 N–H and O–H groups in total. The molecule has 0 spiro atoms. The fraction of sp³-hybridized carbons (Fsp3) is 0.941. The lowest BCUT2D eigenvalue weighted by Gasteiger charge is -2.43. The van der Waals surface area contributed by atoms with E-state index in [4.69, 9.17) is 0 Å². The summed E-state index contributed by atoms with van der Waals surface area (Å²) in [6, 6.07) is -1.51. The van der Waals surface area contributed by atoms with Gasteiger partial charge in [-0.3, -0.25) is 24.1 Å². The van der Waals surface area contributed by atoms with E-state index in [1.165, 1.54) is 0 Å². The van der Waals surface area contributed by atoms with Crippen molar-refractivity contribution in [3.8, 4) is 0 Å². The van der Waals surface area contributed by atoms with E-state index in [-0.39, 0.29) is 25.7 Å². The van der Waals surface area contributed by atoms with Crippen LogP contribution in [0.2, 0.25) is 0 Å². The maximum atomic E-state index is 15.1. The Kier molecular flexibility index (Phi) is 44.4. The molecule has 1 atom stereocenters. The number of alkyl halides is 32. The van der Waals surface area contributed by atoms with Crippen molar-refractivity contribution in [1.82, 2.24) is 10.2 Å². The normalized spacial score (nSPS) is 14.6. The number of carbonyl (C=O) groups excluding carboxylic acids is 4. The van der Waals surface area contributed by atoms with Crippen molar-refractivity contribution in [3.05, 3.63) is 0 Å². The summed E-state index contributed by atoms with van der Waals surface area (Å²) in [5, 5.41) is 1.88. The lowest BCUT2D eigenvalue weighted by atomic mass is 9.87. The average molecular weight is 1750 g/mol. The second kappa shape index (κ2) is 46.3. The molecule has 46 heteroatoms. The van der Waals surface area contributed by atoms with Gasteiger partial charge in [-0.1, -0.05) is 156 Å². The summed E-state index contributed by atoms with van der Waals surface area (Å²) >= 11 is 0. The van der Waals surface area contributed by atoms with Gasteiger partial charge in [-0.25, -0.2) is 0 Å². The van der Waals surface area contributed by atoms with E-state index in [2.05, 4.69) is 37.9 Å². The minimum atomic E-state index is -9.05. The van der Waals surface area contributed by atoms with Crippen LogP contribution < -0.4 is 5.32 Å². The zero-order chi connectivity index (χ0) is 88.7. The summed E-state index contributed by atoms with van der Waals surface area (Å²) in [6.45, 7) is -17.7. The lowest BCUT2D eigenvalue weighted by Crippen LogP contribution is -2.75. The summed E-state index contributed by atoms with van der Waals surface area (Å²) in [6.07, 6.45) is 7.18. The second-order valence-electron chi connectivity index (χ2n) is 27.4. The van der Waals surface area contributed by atoms with Gasteiger partial charge in [0.15, 0.2) is 0 Å². The van der Waals surface area contributed by atoms with Gasteiger partial charge in [-0.2, -0.15) is 140 Å². The molecule has 14 nitrogen and oxygen atoms in total. The summed E-state index contributed by atoms with van der Waals surface area (Å²) in [5.41, 5.74) is 0. The molecular formula is C68H100F32N2O12. The molecule has 0 rings (SSSR count). The van der Waals surface area contributed by atoms with Crippen molar-refractivity contribution in [3.63, 3.8) is 0 Å². The van der Waals surface area contributed by atoms with Gasteiger partial charge >= 0.3 is 113 Å². The number of esters is 3. The molecule has 1 amide bonds. The van der Waals surface area contributed by atoms with Gasteiger partial charge in [0.2, 0.25) is 5.91 Å². The standard InChI is InChI=1S/C68H100F32N2O12/c1-8-12-16-20-26-45(27-21-17-13-9-2)31-34-110-41-53(69,70)57(77,78)61(85,86)65(93,94)67(97,98)63(89,90)59(81,82)55(73,74)43-112-38-47(114-40-49(103)101-33-25-24-30-48(52(106)109-7)102(36-50(104)107-5)37-51(105)108-6)39-113-44-56(75,76)60(83,84)64(91,92)68(99,100)66(95,96)62(87,88)58(79,80)54(71,72)42-111-35-32-46(28-22-18-14-10-3)29-23-19-15-11-4/h45-48H,8-44H2,1-7H3,(H,101,103)/t48-/m0/s1. The number of rotatable bonds is 66. The first kappa shape index (κ1) is 109. The molecule has 0 unspecified atom stereocenters. The molecule has 0 aliphatic rings. The zero-order valence-electron chi connectivity index (χ0n) is 63.4. The molecule has 0 saturated heterocycles. The minimum Gasteiger partial charge on any atom is -0.468 e. The highest BCUT2D eigenvalue weighted by molar-refractivity contribution is 5.80. The molecule has 0 aliphatic heterocycles. The van der Waals surface area contributed by atoms with E-state index in [9.17, 15) is 107 Å². The van der Waals surface area contributed by atoms with Crippen molar-refractivity contribution >= 4 is 23.8 Å². The van der Waals surface area contributed by atoms with Crippen LogP contribution in [0.25, 0.3) is 0 Å². The molecule has 114 heavy (non-hydrogen) atoms. The number of hydrogen-bond acceptors (Lipinski definition) is 13. The molecule has 0 radical (unpaired) electrons. The van der Waals surface area contributed by atoms with Crippen molar-refractivity contribution in [2.45, 2.75) is 295 Å². The Morgan fingerprint density at radius 3 is 0.842 bits per heavy atom. The Morgan fingerprint density at radius 1 is 0.316 bits per heavy atom. The zero-order valence-corrected chi connectivity index (χ0v) is 63.4. The Hall–Kier alpha value is -4.60. The van der Waals surface area contributed by atoms with E-state index in [0.717, 1.165) is 77.6 Å². The van der Waals surface area contributed by atoms with E-state index in [0.29, 0.717) is 77.0 Å². The van der Waals surface area contributed by atoms with E-state index < -0.39 is 228 Å². The third-order valence-electron chi connectivity index (χ3n) is 18.4. The average Bonchev–Trinajstić information content (AvgIpc) is 0.700. The molecule has 0 aromatic carbocycles. The largest absolute Gasteiger partial charge is 0.468 e. The molecule has 678 valence electrons. The van der Waals surface area contributed by atoms with Gasteiger partial charge in [-0.05, 0) is 43.9 Å². The number of nitrogens with one attached hydrogen (secondary N) is 1. The molecule has 0 saturated carbocycles. The number of ether oxygens (including phenoxy) is 8. The third-order valence-corrected chi connectivity index (χ3v) is 18.4. The molecule has 0 heterocycles. The van der Waals surface area contributed by atoms with Gasteiger partial charge in [0.05, 0.1) is 47.6 Å². The van der Waals surface area contributed by atoms with E-state index >= 15 is 52.7 Å². The highest BCUT2D eigenvalue weighted by Crippen LogP contribution is 2.66. The Bertz CT molecular complexity index is 2610. The highest BCUT2D eigenvalue weighted by Gasteiger charge is 2.96. The van der Waals surface area contributed by atoms with Crippen LogP contribution in [0.5, 0.6) is 0 Å². The lowest BCUT2D eigenvalue weighted by molar-refractivity contribution is -0.455. The molecular weight excluding hydrogens is 1640 g/mol. The predicted molar refractivity (Wildman–Crippen MR) is 342 cm³/mol. The predicted octanol–water partition coefficient (Wildman–Crippen LogP) is 20.0. The topological polar surface area (TPSA) is 157 Å². The molecule has 0 fully saturated rings. The van der Waals surface area contributed by atoms with Gasteiger partial charge in [0, 0.05) is 19.8 Å². The van der Waals surface area contributed by atoms with Crippen LogP contribution >= 0.6 is 0 Å². The van der Waals surface area contributed by atoms with Crippen LogP contribution in [0.3, 0.4) is 0 Å². The van der Waals surface area contributed by atoms with Crippen LogP contribution in [0.1, 0.15) is 188 Å². The quantitative estimate of drug-likeness (QED) is 0.0266. The van der Waals surface area contributed by atoms with Crippen LogP contribution in [-0.4, -0.2) is 236 Å². The minimum absolute atomic E-state index is 0.272. The smallest absolute Gasteiger partial charge is 0.385 e. The highest BCUT2D eigenvalue weighted by atomic mass is 19.4. The fourth-order valence-electron chi connectivity index (χ4n) is 11.1. The van der Waals surface area contributed by atoms with Crippen molar-refractivity contribution < 1.29 is 198 Å². The monoisotopic (exact) mass is 1740 g/mol. The number of nitrogens with zero attached hydrogens (tertiary/aromatic N) is 1. The van der Waals surface area contributed by atoms with Gasteiger partial charge < -0.3 is 43.2 Å². The van der Waals surface area contributed by atoms with E-state index in [1.54, 1.807) is 0 Å². The molecule has 0 bridgehead atoms. The Labute approximate surface area is 637 Å². The first-order valence-corrected chi connectivity index (χ1v) is 36.3. The van der Waals surface area contributed by atoms with Crippen LogP contribution in [0.15, 0.2) is 0 Å². The Balaban J connectivity index is 7.25. The summed E-state index contributed by atoms with van der Waals surface area (Å²) in [5.74, 6) is -138. The van der Waals surface area contributed by atoms with Gasteiger partial charge in [-0.15, -0.1) is 0 Å². The summed E-state index contributed by atoms with van der Waals surface area (Å²) < 4.78 is 514. The number of carbonyl (C=O) groups is 4. The molecule has 0 aliphatic carbocycles. The van der Waals surface area contributed by atoms with Crippen molar-refractivity contribution in [1.29, 1.82) is 0 Å². The maximum absolute atomic E-state index is 15.1. The second-order valence-corrected chi connectivity index (χ2v) is 27.4. The number of unbranched alkanes of at least 4 members (excludes halogenated alkanes) is 13. The van der Waals surface area contributed by atoms with E-state index in [1.807, 2.05) is 33.0 Å².